The van der Waals surface area contributed by atoms with Crippen molar-refractivity contribution in [1.82, 2.24) is 9.97 Å². The van der Waals surface area contributed by atoms with Crippen LogP contribution in [-0.2, 0) is 15.6 Å². The molecule has 1 heterocycles. The first-order chi connectivity index (χ1) is 16.9. The van der Waals surface area contributed by atoms with Crippen LogP contribution in [-0.4, -0.2) is 24.3 Å². The maximum Gasteiger partial charge on any atom is 0.255 e. The fourth-order valence-electron chi connectivity index (χ4n) is 3.75. The number of aromatic nitrogens is 2. The Morgan fingerprint density at radius 2 is 1.66 bits per heavy atom. The Kier molecular flexibility index (Phi) is 5.88. The molecule has 0 saturated carbocycles. The van der Waals surface area contributed by atoms with Gasteiger partial charge in [-0.15, -0.1) is 0 Å². The van der Waals surface area contributed by atoms with Crippen molar-refractivity contribution < 1.29 is 17.6 Å². The minimum Gasteiger partial charge on any atom is -0.338 e. The molecule has 5 aromatic rings. The summed E-state index contributed by atoms with van der Waals surface area (Å²) in [4.78, 5) is 20.6. The SMILES string of the molecule is O=C(Nc1ccc2nc(-c3cccc(F)c3)[nH]c2c1)c1ccc(CS(=O)(=O)c2ccccc2)cc1. The third-order valence-corrected chi connectivity index (χ3v) is 7.22. The predicted octanol–water partition coefficient (Wildman–Crippen LogP) is 5.60. The van der Waals surface area contributed by atoms with E-state index in [9.17, 15) is 17.6 Å². The molecule has 2 N–H and O–H groups in total. The Balaban J connectivity index is 1.30. The third-order valence-electron chi connectivity index (χ3n) is 5.51. The minimum absolute atomic E-state index is 0.150. The highest BCUT2D eigenvalue weighted by atomic mass is 32.2. The molecule has 35 heavy (non-hydrogen) atoms. The molecule has 1 amide bonds. The molecule has 8 heteroatoms. The summed E-state index contributed by atoms with van der Waals surface area (Å²) in [6.45, 7) is 0. The summed E-state index contributed by atoms with van der Waals surface area (Å²) in [5.41, 5.74) is 3.56. The van der Waals surface area contributed by atoms with Gasteiger partial charge in [0.2, 0.25) is 0 Å². The largest absolute Gasteiger partial charge is 0.338 e. The van der Waals surface area contributed by atoms with E-state index in [-0.39, 0.29) is 22.4 Å². The van der Waals surface area contributed by atoms with Crippen molar-refractivity contribution in [1.29, 1.82) is 0 Å². The molecule has 0 atom stereocenters. The van der Waals surface area contributed by atoms with Gasteiger partial charge < -0.3 is 10.3 Å². The summed E-state index contributed by atoms with van der Waals surface area (Å²) in [7, 11) is -3.47. The summed E-state index contributed by atoms with van der Waals surface area (Å²) in [6, 6.07) is 26.1. The van der Waals surface area contributed by atoms with Crippen LogP contribution in [0.3, 0.4) is 0 Å². The Morgan fingerprint density at radius 1 is 0.886 bits per heavy atom. The second-order valence-corrected chi connectivity index (χ2v) is 10.0. The van der Waals surface area contributed by atoms with Gasteiger partial charge in [0.05, 0.1) is 21.7 Å². The van der Waals surface area contributed by atoms with Crippen LogP contribution < -0.4 is 5.32 Å². The van der Waals surface area contributed by atoms with Crippen LogP contribution in [0.15, 0.2) is 102 Å². The number of hydrogen-bond acceptors (Lipinski definition) is 4. The molecule has 6 nitrogen and oxygen atoms in total. The molecular formula is C27H20FN3O3S. The number of carbonyl (C=O) groups excluding carboxylic acids is 1. The quantitative estimate of drug-likeness (QED) is 0.328. The number of H-pyrrole nitrogens is 1. The molecule has 4 aromatic carbocycles. The third kappa shape index (κ3) is 4.97. The molecule has 0 saturated heterocycles. The van der Waals surface area contributed by atoms with Crippen LogP contribution in [0, 0.1) is 5.82 Å². The van der Waals surface area contributed by atoms with E-state index in [1.165, 1.54) is 12.1 Å². The van der Waals surface area contributed by atoms with Gasteiger partial charge in [-0.3, -0.25) is 4.79 Å². The number of hydrogen-bond donors (Lipinski definition) is 2. The number of nitrogens with one attached hydrogen (secondary N) is 2. The molecule has 1 aromatic heterocycles. The predicted molar refractivity (Wildman–Crippen MR) is 133 cm³/mol. The Labute approximate surface area is 201 Å². The van der Waals surface area contributed by atoms with Gasteiger partial charge >= 0.3 is 0 Å². The van der Waals surface area contributed by atoms with E-state index >= 15 is 0 Å². The van der Waals surface area contributed by atoms with E-state index in [1.807, 2.05) is 0 Å². The number of carbonyl (C=O) groups is 1. The fourth-order valence-corrected chi connectivity index (χ4v) is 5.12. The van der Waals surface area contributed by atoms with Crippen molar-refractivity contribution in [3.63, 3.8) is 0 Å². The van der Waals surface area contributed by atoms with Gasteiger partial charge in [-0.25, -0.2) is 17.8 Å². The van der Waals surface area contributed by atoms with Gasteiger partial charge in [-0.2, -0.15) is 0 Å². The first-order valence-electron chi connectivity index (χ1n) is 10.8. The number of aromatic amines is 1. The van der Waals surface area contributed by atoms with Crippen LogP contribution >= 0.6 is 0 Å². The molecule has 0 spiro atoms. The molecule has 5 rings (SSSR count). The van der Waals surface area contributed by atoms with E-state index in [1.54, 1.807) is 84.9 Å². The molecule has 0 radical (unpaired) electrons. The number of nitrogens with zero attached hydrogens (tertiary/aromatic N) is 1. The van der Waals surface area contributed by atoms with Gasteiger partial charge in [0, 0.05) is 16.8 Å². The summed E-state index contributed by atoms with van der Waals surface area (Å²) < 4.78 is 38.7. The standard InChI is InChI=1S/C27H20FN3O3S/c28-21-6-4-5-20(15-21)26-30-24-14-13-22(16-25(24)31-26)29-27(32)19-11-9-18(10-12-19)17-35(33,34)23-7-2-1-3-8-23/h1-16H,17H2,(H,29,32)(H,30,31). The smallest absolute Gasteiger partial charge is 0.255 e. The molecule has 0 aliphatic carbocycles. The molecule has 0 aliphatic heterocycles. The molecular weight excluding hydrogens is 465 g/mol. The van der Waals surface area contributed by atoms with Crippen LogP contribution in [0.25, 0.3) is 22.4 Å². The van der Waals surface area contributed by atoms with Crippen molar-refractivity contribution in [3.05, 3.63) is 114 Å². The average molecular weight is 486 g/mol. The van der Waals surface area contributed by atoms with Crippen molar-refractivity contribution in [2.45, 2.75) is 10.6 Å². The number of benzene rings is 4. The molecule has 0 fully saturated rings. The first-order valence-corrected chi connectivity index (χ1v) is 12.5. The highest BCUT2D eigenvalue weighted by Gasteiger charge is 2.15. The van der Waals surface area contributed by atoms with Crippen molar-refractivity contribution >= 4 is 32.5 Å². The number of imidazole rings is 1. The fraction of sp³-hybridized carbons (Fsp3) is 0.0370. The lowest BCUT2D eigenvalue weighted by Gasteiger charge is -2.07. The number of fused-ring (bicyclic) bond motifs is 1. The monoisotopic (exact) mass is 485 g/mol. The summed E-state index contributed by atoms with van der Waals surface area (Å²) in [5, 5.41) is 2.84. The highest BCUT2D eigenvalue weighted by molar-refractivity contribution is 7.90. The summed E-state index contributed by atoms with van der Waals surface area (Å²) >= 11 is 0. The lowest BCUT2D eigenvalue weighted by Crippen LogP contribution is -2.12. The maximum absolute atomic E-state index is 13.5. The molecule has 174 valence electrons. The lowest BCUT2D eigenvalue weighted by molar-refractivity contribution is 0.102. The normalized spacial score (nSPS) is 11.5. The highest BCUT2D eigenvalue weighted by Crippen LogP contribution is 2.24. The lowest BCUT2D eigenvalue weighted by atomic mass is 10.1. The van der Waals surface area contributed by atoms with Crippen LogP contribution in [0.4, 0.5) is 10.1 Å². The zero-order valence-electron chi connectivity index (χ0n) is 18.4. The number of anilines is 1. The average Bonchev–Trinajstić information content (AvgIpc) is 3.28. The Bertz CT molecular complexity index is 1630. The van der Waals surface area contributed by atoms with E-state index in [4.69, 9.17) is 0 Å². The second-order valence-electron chi connectivity index (χ2n) is 8.05. The van der Waals surface area contributed by atoms with Gasteiger partial charge in [-0.1, -0.05) is 42.5 Å². The van der Waals surface area contributed by atoms with E-state index in [0.29, 0.717) is 39.2 Å². The molecule has 0 unspecified atom stereocenters. The molecule has 0 bridgehead atoms. The van der Waals surface area contributed by atoms with Crippen LogP contribution in [0.1, 0.15) is 15.9 Å². The van der Waals surface area contributed by atoms with Crippen LogP contribution in [0.2, 0.25) is 0 Å². The number of sulfone groups is 1. The minimum atomic E-state index is -3.47. The topological polar surface area (TPSA) is 91.9 Å². The van der Waals surface area contributed by atoms with Gasteiger partial charge in [0.25, 0.3) is 5.91 Å². The van der Waals surface area contributed by atoms with Crippen molar-refractivity contribution in [2.75, 3.05) is 5.32 Å². The Morgan fingerprint density at radius 3 is 2.40 bits per heavy atom. The van der Waals surface area contributed by atoms with Crippen molar-refractivity contribution in [3.8, 4) is 11.4 Å². The number of halogens is 1. The Hall–Kier alpha value is -4.30. The summed E-state index contributed by atoms with van der Waals surface area (Å²) in [5.74, 6) is -0.293. The van der Waals surface area contributed by atoms with Gasteiger partial charge in [0.15, 0.2) is 9.84 Å². The first kappa shape index (κ1) is 22.5. The van der Waals surface area contributed by atoms with E-state index in [0.717, 1.165) is 0 Å². The zero-order valence-corrected chi connectivity index (χ0v) is 19.2. The van der Waals surface area contributed by atoms with Crippen LogP contribution in [0.5, 0.6) is 0 Å². The van der Waals surface area contributed by atoms with E-state index < -0.39 is 9.84 Å². The molecule has 0 aliphatic rings. The van der Waals surface area contributed by atoms with Crippen molar-refractivity contribution in [2.24, 2.45) is 0 Å². The summed E-state index contributed by atoms with van der Waals surface area (Å²) in [6.07, 6.45) is 0. The number of rotatable bonds is 6. The zero-order chi connectivity index (χ0) is 24.4. The van der Waals surface area contributed by atoms with E-state index in [2.05, 4.69) is 15.3 Å². The number of amides is 1. The van der Waals surface area contributed by atoms with Gasteiger partial charge in [0.1, 0.15) is 11.6 Å². The van der Waals surface area contributed by atoms with Gasteiger partial charge in [-0.05, 0) is 60.2 Å². The second kappa shape index (κ2) is 9.15. The maximum atomic E-state index is 13.5.